The highest BCUT2D eigenvalue weighted by Crippen LogP contribution is 2.22. The van der Waals surface area contributed by atoms with Crippen LogP contribution in [0.3, 0.4) is 0 Å². The Balaban J connectivity index is 3.40. The quantitative estimate of drug-likeness (QED) is 0.661. The monoisotopic (exact) mass is 185 g/mol. The molecule has 0 aliphatic carbocycles. The van der Waals surface area contributed by atoms with Gasteiger partial charge in [-0.2, -0.15) is 13.2 Å². The Morgan fingerprint density at radius 1 is 1.42 bits per heavy atom. The molecule has 0 bridgehead atoms. The first-order valence-electron chi connectivity index (χ1n) is 3.77. The third-order valence-electron chi connectivity index (χ3n) is 1.42. The van der Waals surface area contributed by atoms with Crippen LogP contribution in [-0.4, -0.2) is 25.9 Å². The number of ether oxygens (including phenoxy) is 1. The van der Waals surface area contributed by atoms with E-state index in [1.54, 1.807) is 0 Å². The fourth-order valence-electron chi connectivity index (χ4n) is 0.889. The minimum Gasteiger partial charge on any atom is -0.385 e. The summed E-state index contributed by atoms with van der Waals surface area (Å²) in [6, 6.07) is -0.792. The number of methoxy groups -OCH3 is 1. The molecule has 0 aliphatic rings. The zero-order chi connectivity index (χ0) is 9.61. The van der Waals surface area contributed by atoms with Gasteiger partial charge in [0.2, 0.25) is 0 Å². The summed E-state index contributed by atoms with van der Waals surface area (Å²) < 4.78 is 39.8. The van der Waals surface area contributed by atoms with Crippen LogP contribution in [0.15, 0.2) is 0 Å². The van der Waals surface area contributed by atoms with Gasteiger partial charge in [0.1, 0.15) is 0 Å². The van der Waals surface area contributed by atoms with Crippen molar-refractivity contribution in [3.63, 3.8) is 0 Å². The van der Waals surface area contributed by atoms with Crippen LogP contribution in [0.2, 0.25) is 0 Å². The van der Waals surface area contributed by atoms with E-state index < -0.39 is 18.6 Å². The predicted octanol–water partition coefficient (Wildman–Crippen LogP) is 1.69. The Kier molecular flexibility index (Phi) is 5.24. The van der Waals surface area contributed by atoms with Crippen LogP contribution in [-0.2, 0) is 4.74 Å². The third-order valence-corrected chi connectivity index (χ3v) is 1.42. The number of hydrogen-bond acceptors (Lipinski definition) is 2. The maximum Gasteiger partial charge on any atom is 0.390 e. The van der Waals surface area contributed by atoms with Crippen molar-refractivity contribution < 1.29 is 17.9 Å². The lowest BCUT2D eigenvalue weighted by Gasteiger charge is -2.13. The molecule has 0 heterocycles. The van der Waals surface area contributed by atoms with Crippen LogP contribution in [0, 0.1) is 0 Å². The molecule has 74 valence electrons. The largest absolute Gasteiger partial charge is 0.390 e. The molecule has 0 rings (SSSR count). The van der Waals surface area contributed by atoms with Gasteiger partial charge in [-0.3, -0.25) is 0 Å². The molecule has 0 radical (unpaired) electrons. The molecule has 0 spiro atoms. The fourth-order valence-corrected chi connectivity index (χ4v) is 0.889. The fraction of sp³-hybridized carbons (Fsp3) is 1.00. The SMILES string of the molecule is COCCCC(N)CC(F)(F)F. The summed E-state index contributed by atoms with van der Waals surface area (Å²) in [5.74, 6) is 0. The van der Waals surface area contributed by atoms with Gasteiger partial charge < -0.3 is 10.5 Å². The van der Waals surface area contributed by atoms with E-state index >= 15 is 0 Å². The molecule has 1 atom stereocenters. The summed E-state index contributed by atoms with van der Waals surface area (Å²) in [6.07, 6.45) is -4.12. The van der Waals surface area contributed by atoms with Gasteiger partial charge in [-0.25, -0.2) is 0 Å². The third kappa shape index (κ3) is 7.81. The number of halogens is 3. The number of hydrogen-bond donors (Lipinski definition) is 1. The second-order valence-electron chi connectivity index (χ2n) is 2.71. The first-order chi connectivity index (χ1) is 5.45. The van der Waals surface area contributed by atoms with Gasteiger partial charge in [0.25, 0.3) is 0 Å². The van der Waals surface area contributed by atoms with Crippen LogP contribution in [0.25, 0.3) is 0 Å². The Bertz CT molecular complexity index is 116. The van der Waals surface area contributed by atoms with Crippen molar-refractivity contribution in [1.82, 2.24) is 0 Å². The average molecular weight is 185 g/mol. The van der Waals surface area contributed by atoms with E-state index in [4.69, 9.17) is 5.73 Å². The van der Waals surface area contributed by atoms with E-state index in [0.717, 1.165) is 0 Å². The summed E-state index contributed by atoms with van der Waals surface area (Å²) in [7, 11) is 1.51. The van der Waals surface area contributed by atoms with Gasteiger partial charge in [0.15, 0.2) is 0 Å². The summed E-state index contributed by atoms with van der Waals surface area (Å²) in [5, 5.41) is 0. The molecule has 12 heavy (non-hydrogen) atoms. The topological polar surface area (TPSA) is 35.2 Å². The van der Waals surface area contributed by atoms with E-state index in [2.05, 4.69) is 4.74 Å². The molecule has 0 fully saturated rings. The lowest BCUT2D eigenvalue weighted by Crippen LogP contribution is -2.27. The van der Waals surface area contributed by atoms with Crippen LogP contribution >= 0.6 is 0 Å². The van der Waals surface area contributed by atoms with E-state index in [0.29, 0.717) is 19.4 Å². The van der Waals surface area contributed by atoms with Crippen molar-refractivity contribution in [1.29, 1.82) is 0 Å². The van der Waals surface area contributed by atoms with E-state index in [1.165, 1.54) is 7.11 Å². The smallest absolute Gasteiger partial charge is 0.385 e. The van der Waals surface area contributed by atoms with Gasteiger partial charge in [0.05, 0.1) is 6.42 Å². The molecular weight excluding hydrogens is 171 g/mol. The molecule has 0 saturated heterocycles. The molecule has 2 N–H and O–H groups in total. The summed E-state index contributed by atoms with van der Waals surface area (Å²) in [5.41, 5.74) is 5.23. The van der Waals surface area contributed by atoms with Gasteiger partial charge in [-0.05, 0) is 12.8 Å². The van der Waals surface area contributed by atoms with E-state index in [-0.39, 0.29) is 0 Å². The maximum absolute atomic E-state index is 11.7. The number of rotatable bonds is 5. The van der Waals surface area contributed by atoms with Crippen LogP contribution in [0.4, 0.5) is 13.2 Å². The Labute approximate surface area is 69.9 Å². The molecule has 0 saturated carbocycles. The van der Waals surface area contributed by atoms with Crippen molar-refractivity contribution >= 4 is 0 Å². The van der Waals surface area contributed by atoms with Gasteiger partial charge >= 0.3 is 6.18 Å². The standard InChI is InChI=1S/C7H14F3NO/c1-12-4-2-3-6(11)5-7(8,9)10/h6H,2-5,11H2,1H3. The minimum atomic E-state index is -4.15. The number of nitrogens with two attached hydrogens (primary N) is 1. The highest BCUT2D eigenvalue weighted by Gasteiger charge is 2.29. The van der Waals surface area contributed by atoms with Crippen LogP contribution in [0.5, 0.6) is 0 Å². The van der Waals surface area contributed by atoms with Crippen molar-refractivity contribution in [3.8, 4) is 0 Å². The van der Waals surface area contributed by atoms with Crippen LogP contribution < -0.4 is 5.73 Å². The molecule has 0 aromatic carbocycles. The molecule has 0 aromatic rings. The number of alkyl halides is 3. The van der Waals surface area contributed by atoms with Crippen molar-refractivity contribution in [2.75, 3.05) is 13.7 Å². The molecule has 0 aromatic heterocycles. The lowest BCUT2D eigenvalue weighted by molar-refractivity contribution is -0.138. The zero-order valence-corrected chi connectivity index (χ0v) is 7.03. The normalized spacial score (nSPS) is 14.8. The lowest BCUT2D eigenvalue weighted by atomic mass is 10.1. The molecule has 0 aliphatic heterocycles. The molecule has 5 heteroatoms. The van der Waals surface area contributed by atoms with Gasteiger partial charge in [-0.1, -0.05) is 0 Å². The average Bonchev–Trinajstić information content (AvgIpc) is 1.84. The molecular formula is C7H14F3NO. The van der Waals surface area contributed by atoms with Crippen molar-refractivity contribution in [2.24, 2.45) is 5.73 Å². The van der Waals surface area contributed by atoms with E-state index in [1.807, 2.05) is 0 Å². The van der Waals surface area contributed by atoms with Crippen molar-refractivity contribution in [2.45, 2.75) is 31.5 Å². The highest BCUT2D eigenvalue weighted by molar-refractivity contribution is 4.65. The first kappa shape index (κ1) is 11.7. The van der Waals surface area contributed by atoms with Crippen LogP contribution in [0.1, 0.15) is 19.3 Å². The summed E-state index contributed by atoms with van der Waals surface area (Å²) >= 11 is 0. The van der Waals surface area contributed by atoms with Gasteiger partial charge in [-0.15, -0.1) is 0 Å². The Hall–Kier alpha value is -0.290. The first-order valence-corrected chi connectivity index (χ1v) is 3.77. The maximum atomic E-state index is 11.7. The molecule has 0 amide bonds. The highest BCUT2D eigenvalue weighted by atomic mass is 19.4. The summed E-state index contributed by atoms with van der Waals surface area (Å²) in [4.78, 5) is 0. The molecule has 1 unspecified atom stereocenters. The second kappa shape index (κ2) is 5.37. The Morgan fingerprint density at radius 2 is 2.00 bits per heavy atom. The zero-order valence-electron chi connectivity index (χ0n) is 7.03. The van der Waals surface area contributed by atoms with Crippen molar-refractivity contribution in [3.05, 3.63) is 0 Å². The second-order valence-corrected chi connectivity index (χ2v) is 2.71. The molecule has 2 nitrogen and oxygen atoms in total. The minimum absolute atomic E-state index is 0.355. The predicted molar refractivity (Wildman–Crippen MR) is 39.8 cm³/mol. The summed E-state index contributed by atoms with van der Waals surface area (Å²) in [6.45, 7) is 0.464. The van der Waals surface area contributed by atoms with E-state index in [9.17, 15) is 13.2 Å². The van der Waals surface area contributed by atoms with Gasteiger partial charge in [0, 0.05) is 19.8 Å². The Morgan fingerprint density at radius 3 is 2.42 bits per heavy atom.